The maximum absolute atomic E-state index is 12.8. The Kier molecular flexibility index (Phi) is 6.68. The molecule has 1 saturated heterocycles. The number of hydrogen-bond acceptors (Lipinski definition) is 6. The number of hydrogen-bond donors (Lipinski definition) is 0. The lowest BCUT2D eigenvalue weighted by molar-refractivity contribution is 0.222. The summed E-state index contributed by atoms with van der Waals surface area (Å²) in [6.07, 6.45) is 1.44. The van der Waals surface area contributed by atoms with Crippen LogP contribution >= 0.6 is 23.4 Å². The molecule has 7 nitrogen and oxygen atoms in total. The fraction of sp³-hybridized carbons (Fsp3) is 0.333. The van der Waals surface area contributed by atoms with Crippen molar-refractivity contribution < 1.29 is 8.42 Å². The standard InChI is InChI=1S/C21H24ClN5O2S2/c1-16-19(21(22)27(24-16)17-6-4-3-5-7-17)15-30-20-9-8-18(14-23-20)31(28,29)26-12-10-25(2)11-13-26/h3-9,14H,10-13,15H2,1-2H3. The summed E-state index contributed by atoms with van der Waals surface area (Å²) in [7, 11) is -1.51. The predicted molar refractivity (Wildman–Crippen MR) is 123 cm³/mol. The van der Waals surface area contributed by atoms with Gasteiger partial charge in [-0.05, 0) is 38.2 Å². The van der Waals surface area contributed by atoms with Gasteiger partial charge in [-0.1, -0.05) is 29.8 Å². The molecule has 4 rings (SSSR count). The van der Waals surface area contributed by atoms with E-state index in [4.69, 9.17) is 11.6 Å². The molecule has 1 fully saturated rings. The van der Waals surface area contributed by atoms with E-state index in [9.17, 15) is 8.42 Å². The van der Waals surface area contributed by atoms with Crippen LogP contribution in [0.25, 0.3) is 5.69 Å². The number of aryl methyl sites for hydroxylation is 1. The normalized spacial score (nSPS) is 16.0. The summed E-state index contributed by atoms with van der Waals surface area (Å²) < 4.78 is 28.9. The molecule has 0 atom stereocenters. The fourth-order valence-electron chi connectivity index (χ4n) is 3.36. The average molecular weight is 478 g/mol. The molecule has 0 saturated carbocycles. The van der Waals surface area contributed by atoms with Crippen LogP contribution < -0.4 is 0 Å². The minimum absolute atomic E-state index is 0.229. The lowest BCUT2D eigenvalue weighted by atomic mass is 10.3. The zero-order valence-corrected chi connectivity index (χ0v) is 19.8. The Labute approximate surface area is 192 Å². The Bertz CT molecular complexity index is 1140. The van der Waals surface area contributed by atoms with E-state index < -0.39 is 10.0 Å². The third-order valence-electron chi connectivity index (χ3n) is 5.30. The minimum atomic E-state index is -3.51. The van der Waals surface area contributed by atoms with Crippen LogP contribution in [0.5, 0.6) is 0 Å². The molecule has 1 aliphatic rings. The number of nitrogens with zero attached hydrogens (tertiary/aromatic N) is 5. The van der Waals surface area contributed by atoms with Gasteiger partial charge in [-0.25, -0.2) is 18.1 Å². The summed E-state index contributed by atoms with van der Waals surface area (Å²) in [5, 5.41) is 5.87. The molecule has 0 radical (unpaired) electrons. The summed E-state index contributed by atoms with van der Waals surface area (Å²) in [6, 6.07) is 13.1. The number of para-hydroxylation sites is 1. The highest BCUT2D eigenvalue weighted by Crippen LogP contribution is 2.30. The zero-order valence-electron chi connectivity index (χ0n) is 17.4. The zero-order chi connectivity index (χ0) is 22.0. The summed E-state index contributed by atoms with van der Waals surface area (Å²) in [5.41, 5.74) is 2.70. The van der Waals surface area contributed by atoms with Gasteiger partial charge in [-0.2, -0.15) is 9.40 Å². The van der Waals surface area contributed by atoms with E-state index in [-0.39, 0.29) is 4.90 Å². The maximum Gasteiger partial charge on any atom is 0.244 e. The largest absolute Gasteiger partial charge is 0.304 e. The first-order chi connectivity index (χ1) is 14.9. The number of sulfonamides is 1. The lowest BCUT2D eigenvalue weighted by Gasteiger charge is -2.31. The van der Waals surface area contributed by atoms with Crippen molar-refractivity contribution in [2.75, 3.05) is 33.2 Å². The Morgan fingerprint density at radius 1 is 1.06 bits per heavy atom. The van der Waals surface area contributed by atoms with E-state index in [2.05, 4.69) is 15.0 Å². The first-order valence-electron chi connectivity index (χ1n) is 9.93. The van der Waals surface area contributed by atoms with Crippen LogP contribution in [0, 0.1) is 6.92 Å². The monoisotopic (exact) mass is 477 g/mol. The number of likely N-dealkylation sites (N-methyl/N-ethyl adjacent to an activating group) is 1. The fourth-order valence-corrected chi connectivity index (χ4v) is 6.08. The van der Waals surface area contributed by atoms with Gasteiger partial charge in [0.15, 0.2) is 0 Å². The molecule has 1 aliphatic heterocycles. The molecule has 0 unspecified atom stereocenters. The van der Waals surface area contributed by atoms with E-state index in [0.717, 1.165) is 35.1 Å². The van der Waals surface area contributed by atoms with Gasteiger partial charge >= 0.3 is 0 Å². The number of piperazine rings is 1. The Morgan fingerprint density at radius 3 is 2.42 bits per heavy atom. The summed E-state index contributed by atoms with van der Waals surface area (Å²) in [6.45, 7) is 4.39. The van der Waals surface area contributed by atoms with Gasteiger partial charge in [0.2, 0.25) is 10.0 Å². The molecule has 1 aromatic carbocycles. The molecular weight excluding hydrogens is 454 g/mol. The van der Waals surface area contributed by atoms with Crippen molar-refractivity contribution in [2.24, 2.45) is 0 Å². The van der Waals surface area contributed by atoms with E-state index in [1.807, 2.05) is 44.3 Å². The number of rotatable bonds is 6. The highest BCUT2D eigenvalue weighted by Gasteiger charge is 2.27. The summed E-state index contributed by atoms with van der Waals surface area (Å²) in [5.74, 6) is 0.592. The molecule has 0 N–H and O–H groups in total. The van der Waals surface area contributed by atoms with Crippen molar-refractivity contribution >= 4 is 33.4 Å². The van der Waals surface area contributed by atoms with E-state index in [1.54, 1.807) is 16.8 Å². The number of aromatic nitrogens is 3. The van der Waals surface area contributed by atoms with E-state index >= 15 is 0 Å². The van der Waals surface area contributed by atoms with Crippen LogP contribution in [0.15, 0.2) is 58.6 Å². The third kappa shape index (κ3) is 4.80. The third-order valence-corrected chi connectivity index (χ3v) is 8.54. The molecule has 3 heterocycles. The van der Waals surface area contributed by atoms with E-state index in [1.165, 1.54) is 22.3 Å². The molecule has 164 valence electrons. The summed E-state index contributed by atoms with van der Waals surface area (Å²) >= 11 is 8.09. The van der Waals surface area contributed by atoms with Crippen molar-refractivity contribution in [1.29, 1.82) is 0 Å². The molecule has 0 spiro atoms. The maximum atomic E-state index is 12.8. The topological polar surface area (TPSA) is 71.3 Å². The smallest absolute Gasteiger partial charge is 0.244 e. The molecule has 0 bridgehead atoms. The molecule has 0 amide bonds. The first-order valence-corrected chi connectivity index (χ1v) is 12.7. The Balaban J connectivity index is 1.45. The molecule has 10 heteroatoms. The summed E-state index contributed by atoms with van der Waals surface area (Å²) in [4.78, 5) is 6.72. The molecule has 0 aliphatic carbocycles. The SMILES string of the molecule is Cc1nn(-c2ccccc2)c(Cl)c1CSc1ccc(S(=O)(=O)N2CCN(C)CC2)cn1. The van der Waals surface area contributed by atoms with Crippen molar-refractivity contribution in [3.63, 3.8) is 0 Å². The van der Waals surface area contributed by atoms with E-state index in [0.29, 0.717) is 24.0 Å². The van der Waals surface area contributed by atoms with Crippen molar-refractivity contribution in [3.8, 4) is 5.69 Å². The van der Waals surface area contributed by atoms with Crippen molar-refractivity contribution in [2.45, 2.75) is 22.6 Å². The van der Waals surface area contributed by atoms with Gasteiger partial charge in [0.25, 0.3) is 0 Å². The highest BCUT2D eigenvalue weighted by molar-refractivity contribution is 7.98. The van der Waals surface area contributed by atoms with Gasteiger partial charge in [0.1, 0.15) is 10.0 Å². The number of thioether (sulfide) groups is 1. The quantitative estimate of drug-likeness (QED) is 0.506. The van der Waals surface area contributed by atoms with Crippen molar-refractivity contribution in [3.05, 3.63) is 65.1 Å². The molecule has 2 aromatic heterocycles. The van der Waals surface area contributed by atoms with Gasteiger partial charge in [-0.15, -0.1) is 11.8 Å². The van der Waals surface area contributed by atoms with Crippen LogP contribution in [0.3, 0.4) is 0 Å². The minimum Gasteiger partial charge on any atom is -0.304 e. The van der Waals surface area contributed by atoms with Crippen molar-refractivity contribution in [1.82, 2.24) is 24.0 Å². The van der Waals surface area contributed by atoms with Gasteiger partial charge in [0.05, 0.1) is 16.4 Å². The van der Waals surface area contributed by atoms with Crippen LogP contribution in [0.2, 0.25) is 5.15 Å². The predicted octanol–water partition coefficient (Wildman–Crippen LogP) is 3.46. The van der Waals surface area contributed by atoms with Gasteiger partial charge in [-0.3, -0.25) is 0 Å². The van der Waals surface area contributed by atoms with Crippen LogP contribution in [0.4, 0.5) is 0 Å². The second-order valence-corrected chi connectivity index (χ2v) is 10.7. The first kappa shape index (κ1) is 22.3. The van der Waals surface area contributed by atoms with Crippen LogP contribution in [0.1, 0.15) is 11.3 Å². The average Bonchev–Trinajstić information content (AvgIpc) is 3.07. The Morgan fingerprint density at radius 2 is 1.77 bits per heavy atom. The number of benzene rings is 1. The highest BCUT2D eigenvalue weighted by atomic mass is 35.5. The number of halogens is 1. The van der Waals surface area contributed by atoms with Gasteiger partial charge in [0, 0.05) is 43.7 Å². The number of pyridine rings is 1. The van der Waals surface area contributed by atoms with Gasteiger partial charge < -0.3 is 4.90 Å². The second kappa shape index (κ2) is 9.30. The molecule has 31 heavy (non-hydrogen) atoms. The molecule has 3 aromatic rings. The van der Waals surface area contributed by atoms with Crippen LogP contribution in [-0.4, -0.2) is 65.6 Å². The molecular formula is C21H24ClN5O2S2. The van der Waals surface area contributed by atoms with Crippen LogP contribution in [-0.2, 0) is 15.8 Å². The second-order valence-electron chi connectivity index (χ2n) is 7.43. The Hall–Kier alpha value is -1.91. The lowest BCUT2D eigenvalue weighted by Crippen LogP contribution is -2.47.